The number of thioether (sulfide) groups is 1. The molecule has 0 fully saturated rings. The molecule has 1 aromatic rings. The van der Waals surface area contributed by atoms with Crippen LogP contribution in [0.25, 0.3) is 0 Å². The Balaban J connectivity index is 2.60. The molecule has 0 aliphatic carbocycles. The number of rotatable bonds is 4. The van der Waals surface area contributed by atoms with Gasteiger partial charge in [-0.25, -0.2) is 0 Å². The summed E-state index contributed by atoms with van der Waals surface area (Å²) in [6.45, 7) is 1.65. The number of carbonyl (C=O) groups excluding carboxylic acids is 1. The van der Waals surface area contributed by atoms with E-state index in [1.54, 1.807) is 37.3 Å². The summed E-state index contributed by atoms with van der Waals surface area (Å²) in [7, 11) is 0. The van der Waals surface area contributed by atoms with Crippen LogP contribution in [0.3, 0.4) is 0 Å². The van der Waals surface area contributed by atoms with Gasteiger partial charge in [0.2, 0.25) is 5.12 Å². The summed E-state index contributed by atoms with van der Waals surface area (Å²) in [5.41, 5.74) is 0.443. The third kappa shape index (κ3) is 5.26. The van der Waals surface area contributed by atoms with E-state index in [2.05, 4.69) is 0 Å². The largest absolute Gasteiger partial charge is 0.390 e. The van der Waals surface area contributed by atoms with Crippen molar-refractivity contribution in [3.05, 3.63) is 35.9 Å². The van der Waals surface area contributed by atoms with E-state index in [1.807, 2.05) is 0 Å². The highest BCUT2D eigenvalue weighted by molar-refractivity contribution is 8.14. The van der Waals surface area contributed by atoms with Gasteiger partial charge in [-0.2, -0.15) is 13.2 Å². The van der Waals surface area contributed by atoms with E-state index in [-0.39, 0.29) is 5.12 Å². The van der Waals surface area contributed by atoms with Gasteiger partial charge in [0, 0.05) is 10.8 Å². The van der Waals surface area contributed by atoms with Crippen molar-refractivity contribution >= 4 is 16.9 Å². The summed E-state index contributed by atoms with van der Waals surface area (Å²) in [6.07, 6.45) is -4.82. The molecule has 0 N–H and O–H groups in total. The molecule has 0 aliphatic rings. The minimum Gasteiger partial charge on any atom is -0.282 e. The van der Waals surface area contributed by atoms with Gasteiger partial charge in [0.25, 0.3) is 0 Å². The second-order valence-corrected chi connectivity index (χ2v) is 4.89. The molecule has 5 heteroatoms. The first-order valence-electron chi connectivity index (χ1n) is 5.25. The molecule has 0 radical (unpaired) electrons. The second-order valence-electron chi connectivity index (χ2n) is 3.62. The quantitative estimate of drug-likeness (QED) is 0.805. The number of alkyl halides is 3. The minimum atomic E-state index is -4.22. The molecule has 17 heavy (non-hydrogen) atoms. The van der Waals surface area contributed by atoms with Crippen LogP contribution in [0.15, 0.2) is 30.3 Å². The van der Waals surface area contributed by atoms with Gasteiger partial charge in [0.05, 0.1) is 6.42 Å². The SMILES string of the molecule is CCC(CC(F)(F)F)SC(=O)c1ccccc1. The van der Waals surface area contributed by atoms with Crippen molar-refractivity contribution in [2.45, 2.75) is 31.2 Å². The van der Waals surface area contributed by atoms with Crippen LogP contribution in [0.5, 0.6) is 0 Å². The first kappa shape index (κ1) is 14.1. The lowest BCUT2D eigenvalue weighted by Gasteiger charge is -2.15. The highest BCUT2D eigenvalue weighted by Crippen LogP contribution is 2.31. The molecule has 94 valence electrons. The fourth-order valence-electron chi connectivity index (χ4n) is 1.32. The van der Waals surface area contributed by atoms with Gasteiger partial charge >= 0.3 is 6.18 Å². The maximum absolute atomic E-state index is 12.2. The molecular weight excluding hydrogens is 249 g/mol. The molecule has 0 aliphatic heterocycles. The van der Waals surface area contributed by atoms with Crippen molar-refractivity contribution in [2.75, 3.05) is 0 Å². The van der Waals surface area contributed by atoms with Crippen molar-refractivity contribution in [2.24, 2.45) is 0 Å². The Morgan fingerprint density at radius 1 is 1.29 bits per heavy atom. The van der Waals surface area contributed by atoms with Crippen molar-refractivity contribution < 1.29 is 18.0 Å². The molecule has 0 heterocycles. The van der Waals surface area contributed by atoms with E-state index in [9.17, 15) is 18.0 Å². The van der Waals surface area contributed by atoms with Gasteiger partial charge < -0.3 is 0 Å². The molecule has 1 nitrogen and oxygen atoms in total. The maximum atomic E-state index is 12.2. The number of carbonyl (C=O) groups is 1. The van der Waals surface area contributed by atoms with Crippen molar-refractivity contribution in [3.63, 3.8) is 0 Å². The average Bonchev–Trinajstić information content (AvgIpc) is 2.27. The fraction of sp³-hybridized carbons (Fsp3) is 0.417. The van der Waals surface area contributed by atoms with Gasteiger partial charge in [-0.1, -0.05) is 49.0 Å². The van der Waals surface area contributed by atoms with E-state index in [0.717, 1.165) is 11.8 Å². The molecule has 0 spiro atoms. The summed E-state index contributed by atoms with van der Waals surface area (Å²) in [4.78, 5) is 11.7. The van der Waals surface area contributed by atoms with Crippen LogP contribution in [-0.4, -0.2) is 16.5 Å². The van der Waals surface area contributed by atoms with Gasteiger partial charge in [0.1, 0.15) is 0 Å². The maximum Gasteiger partial charge on any atom is 0.390 e. The number of hydrogen-bond donors (Lipinski definition) is 0. The lowest BCUT2D eigenvalue weighted by molar-refractivity contribution is -0.134. The van der Waals surface area contributed by atoms with Crippen molar-refractivity contribution in [1.82, 2.24) is 0 Å². The first-order valence-corrected chi connectivity index (χ1v) is 6.13. The zero-order valence-electron chi connectivity index (χ0n) is 9.33. The Morgan fingerprint density at radius 3 is 2.35 bits per heavy atom. The summed E-state index contributed by atoms with van der Waals surface area (Å²) in [6, 6.07) is 8.36. The molecule has 0 bridgehead atoms. The van der Waals surface area contributed by atoms with E-state index in [1.165, 1.54) is 0 Å². The van der Waals surface area contributed by atoms with E-state index in [4.69, 9.17) is 0 Å². The lowest BCUT2D eigenvalue weighted by atomic mass is 10.2. The third-order valence-corrected chi connectivity index (χ3v) is 3.48. The summed E-state index contributed by atoms with van der Waals surface area (Å²) < 4.78 is 36.7. The minimum absolute atomic E-state index is 0.304. The number of hydrogen-bond acceptors (Lipinski definition) is 2. The van der Waals surface area contributed by atoms with Crippen molar-refractivity contribution in [3.8, 4) is 0 Å². The van der Waals surface area contributed by atoms with Gasteiger partial charge in [0.15, 0.2) is 0 Å². The first-order chi connectivity index (χ1) is 7.92. The van der Waals surface area contributed by atoms with Crippen LogP contribution in [0.1, 0.15) is 30.1 Å². The Kier molecular flexibility index (Phi) is 5.05. The van der Waals surface area contributed by atoms with E-state index >= 15 is 0 Å². The lowest BCUT2D eigenvalue weighted by Crippen LogP contribution is -2.18. The topological polar surface area (TPSA) is 17.1 Å². The molecule has 0 aromatic heterocycles. The van der Waals surface area contributed by atoms with E-state index in [0.29, 0.717) is 12.0 Å². The predicted molar refractivity (Wildman–Crippen MR) is 63.1 cm³/mol. The molecule has 1 rings (SSSR count). The smallest absolute Gasteiger partial charge is 0.282 e. The molecule has 0 amide bonds. The molecule has 0 saturated carbocycles. The molecule has 1 atom stereocenters. The summed E-state index contributed by atoms with van der Waals surface area (Å²) >= 11 is 0.766. The van der Waals surface area contributed by atoms with Crippen molar-refractivity contribution in [1.29, 1.82) is 0 Å². The monoisotopic (exact) mass is 262 g/mol. The molecular formula is C12H13F3OS. The van der Waals surface area contributed by atoms with Crippen LogP contribution >= 0.6 is 11.8 Å². The molecule has 1 unspecified atom stereocenters. The Bertz CT molecular complexity index is 362. The zero-order chi connectivity index (χ0) is 12.9. The second kappa shape index (κ2) is 6.10. The predicted octanol–water partition coefficient (Wildman–Crippen LogP) is 4.29. The highest BCUT2D eigenvalue weighted by atomic mass is 32.2. The Morgan fingerprint density at radius 2 is 1.88 bits per heavy atom. The van der Waals surface area contributed by atoms with Gasteiger partial charge in [-0.05, 0) is 6.42 Å². The average molecular weight is 262 g/mol. The van der Waals surface area contributed by atoms with Crippen LogP contribution in [0.2, 0.25) is 0 Å². The number of benzene rings is 1. The van der Waals surface area contributed by atoms with Crippen LogP contribution in [0, 0.1) is 0 Å². The fourth-order valence-corrected chi connectivity index (χ4v) is 2.34. The summed E-state index contributed by atoms with van der Waals surface area (Å²) in [5.74, 6) is 0. The summed E-state index contributed by atoms with van der Waals surface area (Å²) in [5, 5.41) is -1.01. The van der Waals surface area contributed by atoms with E-state index < -0.39 is 17.8 Å². The van der Waals surface area contributed by atoms with Crippen LogP contribution < -0.4 is 0 Å². The molecule has 1 aromatic carbocycles. The number of halogens is 3. The molecule has 0 saturated heterocycles. The van der Waals surface area contributed by atoms with Crippen LogP contribution in [-0.2, 0) is 0 Å². The normalized spacial score (nSPS) is 13.4. The van der Waals surface area contributed by atoms with Crippen LogP contribution in [0.4, 0.5) is 13.2 Å². The van der Waals surface area contributed by atoms with Gasteiger partial charge in [-0.3, -0.25) is 4.79 Å². The zero-order valence-corrected chi connectivity index (χ0v) is 10.1. The highest BCUT2D eigenvalue weighted by Gasteiger charge is 2.32. The Labute approximate surface area is 102 Å². The Hall–Kier alpha value is -0.970. The third-order valence-electron chi connectivity index (χ3n) is 2.20. The standard InChI is InChI=1S/C12H13F3OS/c1-2-10(8-12(13,14)15)17-11(16)9-6-4-3-5-7-9/h3-7,10H,2,8H2,1H3. The van der Waals surface area contributed by atoms with Gasteiger partial charge in [-0.15, -0.1) is 0 Å².